The zero-order valence-electron chi connectivity index (χ0n) is 14.5. The van der Waals surface area contributed by atoms with Crippen LogP contribution in [0.25, 0.3) is 0 Å². The molecule has 0 radical (unpaired) electrons. The Morgan fingerprint density at radius 2 is 1.72 bits per heavy atom. The number of ketones is 1. The van der Waals surface area contributed by atoms with Crippen LogP contribution >= 0.6 is 0 Å². The fourth-order valence-electron chi connectivity index (χ4n) is 2.58. The highest BCUT2D eigenvalue weighted by atomic mass is 16.1. The molecule has 0 bridgehead atoms. The van der Waals surface area contributed by atoms with Crippen molar-refractivity contribution in [2.24, 2.45) is 0 Å². The maximum atomic E-state index is 11.3. The maximum absolute atomic E-state index is 11.3. The van der Waals surface area contributed by atoms with Gasteiger partial charge in [0.1, 0.15) is 12.0 Å². The molecule has 1 aliphatic heterocycles. The standard InChI is InChI=1S/C17H23N7O/c1-12(25)13-3-5-14(6-4-13)21-16-15(18)17(20-11-19-16)22-24-9-7-23(2)8-10-24/h3-6,11H,7-10,18H2,1-2H3,(H2,19,20,21,22). The number of nitrogen functional groups attached to an aromatic ring is 1. The van der Waals surface area contributed by atoms with E-state index < -0.39 is 0 Å². The van der Waals surface area contributed by atoms with Gasteiger partial charge >= 0.3 is 0 Å². The lowest BCUT2D eigenvalue weighted by Crippen LogP contribution is -2.47. The van der Waals surface area contributed by atoms with E-state index in [0.29, 0.717) is 22.9 Å². The minimum atomic E-state index is 0.0340. The normalized spacial score (nSPS) is 15.8. The summed E-state index contributed by atoms with van der Waals surface area (Å²) < 4.78 is 0. The monoisotopic (exact) mass is 341 g/mol. The first-order valence-electron chi connectivity index (χ1n) is 8.21. The van der Waals surface area contributed by atoms with Crippen molar-refractivity contribution in [2.45, 2.75) is 6.92 Å². The van der Waals surface area contributed by atoms with Crippen LogP contribution < -0.4 is 16.5 Å². The molecule has 25 heavy (non-hydrogen) atoms. The Bertz CT molecular complexity index is 739. The molecule has 2 aromatic rings. The molecule has 0 amide bonds. The van der Waals surface area contributed by atoms with Crippen molar-refractivity contribution in [1.82, 2.24) is 19.9 Å². The van der Waals surface area contributed by atoms with Gasteiger partial charge in [0, 0.05) is 37.4 Å². The van der Waals surface area contributed by atoms with Gasteiger partial charge in [-0.05, 0) is 38.2 Å². The van der Waals surface area contributed by atoms with Crippen LogP contribution in [0.5, 0.6) is 0 Å². The number of Topliss-reactive ketones (excluding diaryl/α,β-unsaturated/α-hetero) is 1. The molecule has 132 valence electrons. The fourth-order valence-corrected chi connectivity index (χ4v) is 2.58. The fraction of sp³-hybridized carbons (Fsp3) is 0.353. The van der Waals surface area contributed by atoms with E-state index >= 15 is 0 Å². The van der Waals surface area contributed by atoms with Gasteiger partial charge in [-0.2, -0.15) is 0 Å². The molecule has 8 nitrogen and oxygen atoms in total. The minimum absolute atomic E-state index is 0.0340. The quantitative estimate of drug-likeness (QED) is 0.705. The Hall–Kier alpha value is -2.71. The Morgan fingerprint density at radius 1 is 1.08 bits per heavy atom. The number of carbonyl (C=O) groups is 1. The highest BCUT2D eigenvalue weighted by molar-refractivity contribution is 5.94. The van der Waals surface area contributed by atoms with Crippen molar-refractivity contribution >= 4 is 28.8 Å². The summed E-state index contributed by atoms with van der Waals surface area (Å²) in [5.41, 5.74) is 11.4. The van der Waals surface area contributed by atoms with E-state index in [-0.39, 0.29) is 5.78 Å². The zero-order valence-corrected chi connectivity index (χ0v) is 14.5. The number of hydrogen-bond acceptors (Lipinski definition) is 8. The molecule has 1 fully saturated rings. The molecule has 4 N–H and O–H groups in total. The second-order valence-corrected chi connectivity index (χ2v) is 6.15. The molecular weight excluding hydrogens is 318 g/mol. The molecule has 1 aromatic carbocycles. The molecule has 2 heterocycles. The van der Waals surface area contributed by atoms with Gasteiger partial charge in [-0.15, -0.1) is 0 Å². The number of benzene rings is 1. The minimum Gasteiger partial charge on any atom is -0.393 e. The van der Waals surface area contributed by atoms with E-state index in [2.05, 4.69) is 37.7 Å². The molecular formula is C17H23N7O. The zero-order chi connectivity index (χ0) is 17.8. The van der Waals surface area contributed by atoms with Gasteiger partial charge in [-0.1, -0.05) is 0 Å². The molecule has 1 aromatic heterocycles. The summed E-state index contributed by atoms with van der Waals surface area (Å²) in [6.07, 6.45) is 1.47. The number of likely N-dealkylation sites (N-methyl/N-ethyl adjacent to an activating group) is 1. The van der Waals surface area contributed by atoms with Crippen molar-refractivity contribution < 1.29 is 4.79 Å². The molecule has 0 spiro atoms. The summed E-state index contributed by atoms with van der Waals surface area (Å²) in [4.78, 5) is 22.1. The van der Waals surface area contributed by atoms with Crippen LogP contribution in [0.15, 0.2) is 30.6 Å². The highest BCUT2D eigenvalue weighted by Crippen LogP contribution is 2.26. The SMILES string of the molecule is CC(=O)c1ccc(Nc2ncnc(NN3CCN(C)CC3)c2N)cc1. The number of anilines is 4. The van der Waals surface area contributed by atoms with Crippen LogP contribution in [0.4, 0.5) is 23.0 Å². The summed E-state index contributed by atoms with van der Waals surface area (Å²) in [6, 6.07) is 7.19. The van der Waals surface area contributed by atoms with E-state index in [1.165, 1.54) is 6.33 Å². The second-order valence-electron chi connectivity index (χ2n) is 6.15. The Balaban J connectivity index is 1.71. The van der Waals surface area contributed by atoms with E-state index in [9.17, 15) is 4.79 Å². The van der Waals surface area contributed by atoms with Gasteiger partial charge < -0.3 is 21.4 Å². The van der Waals surface area contributed by atoms with Crippen molar-refractivity contribution in [3.63, 3.8) is 0 Å². The number of nitrogens with two attached hydrogens (primary N) is 1. The summed E-state index contributed by atoms with van der Waals surface area (Å²) in [6.45, 7) is 5.32. The molecule has 8 heteroatoms. The summed E-state index contributed by atoms with van der Waals surface area (Å²) in [7, 11) is 2.11. The van der Waals surface area contributed by atoms with Crippen LogP contribution in [-0.4, -0.2) is 58.9 Å². The van der Waals surface area contributed by atoms with Crippen LogP contribution in [0.1, 0.15) is 17.3 Å². The Labute approximate surface area is 147 Å². The number of aromatic nitrogens is 2. The number of hydrazine groups is 1. The van der Waals surface area contributed by atoms with Crippen molar-refractivity contribution in [1.29, 1.82) is 0 Å². The molecule has 0 atom stereocenters. The number of piperazine rings is 1. The Kier molecular flexibility index (Phi) is 5.11. The van der Waals surface area contributed by atoms with Crippen molar-refractivity contribution in [2.75, 3.05) is 49.7 Å². The van der Waals surface area contributed by atoms with E-state index in [1.54, 1.807) is 19.1 Å². The van der Waals surface area contributed by atoms with E-state index in [4.69, 9.17) is 5.73 Å². The predicted octanol–water partition coefficient (Wildman–Crippen LogP) is 1.58. The molecule has 1 aliphatic rings. The molecule has 0 saturated carbocycles. The van der Waals surface area contributed by atoms with Crippen molar-refractivity contribution in [3.8, 4) is 0 Å². The predicted molar refractivity (Wildman–Crippen MR) is 98.9 cm³/mol. The highest BCUT2D eigenvalue weighted by Gasteiger charge is 2.16. The first-order chi connectivity index (χ1) is 12.0. The number of carbonyl (C=O) groups excluding carboxylic acids is 1. The number of nitrogens with zero attached hydrogens (tertiary/aromatic N) is 4. The lowest BCUT2D eigenvalue weighted by atomic mass is 10.1. The summed E-state index contributed by atoms with van der Waals surface area (Å²) in [5.74, 6) is 1.15. The van der Waals surface area contributed by atoms with Gasteiger partial charge in [0.05, 0.1) is 0 Å². The largest absolute Gasteiger partial charge is 0.393 e. The molecule has 3 rings (SSSR count). The second kappa shape index (κ2) is 7.45. The van der Waals surface area contributed by atoms with Crippen LogP contribution in [0.3, 0.4) is 0 Å². The van der Waals surface area contributed by atoms with Gasteiger partial charge in [0.25, 0.3) is 0 Å². The van der Waals surface area contributed by atoms with E-state index in [1.807, 2.05) is 12.1 Å². The van der Waals surface area contributed by atoms with E-state index in [0.717, 1.165) is 31.9 Å². The summed E-state index contributed by atoms with van der Waals surface area (Å²) >= 11 is 0. The number of rotatable bonds is 5. The molecule has 1 saturated heterocycles. The van der Waals surface area contributed by atoms with Crippen LogP contribution in [0, 0.1) is 0 Å². The third kappa shape index (κ3) is 4.23. The third-order valence-electron chi connectivity index (χ3n) is 4.21. The topological polar surface area (TPSA) is 99.4 Å². The average molecular weight is 341 g/mol. The molecule has 0 aliphatic carbocycles. The first-order valence-corrected chi connectivity index (χ1v) is 8.21. The van der Waals surface area contributed by atoms with Gasteiger partial charge in [0.15, 0.2) is 17.4 Å². The molecule has 0 unspecified atom stereocenters. The van der Waals surface area contributed by atoms with Gasteiger partial charge in [-0.3, -0.25) is 4.79 Å². The third-order valence-corrected chi connectivity index (χ3v) is 4.21. The van der Waals surface area contributed by atoms with Crippen LogP contribution in [0.2, 0.25) is 0 Å². The van der Waals surface area contributed by atoms with Crippen molar-refractivity contribution in [3.05, 3.63) is 36.2 Å². The Morgan fingerprint density at radius 3 is 2.36 bits per heavy atom. The lowest BCUT2D eigenvalue weighted by molar-refractivity contribution is 0.101. The lowest BCUT2D eigenvalue weighted by Gasteiger charge is -2.32. The van der Waals surface area contributed by atoms with Gasteiger partial charge in [0.2, 0.25) is 0 Å². The maximum Gasteiger partial charge on any atom is 0.169 e. The number of hydrogen-bond donors (Lipinski definition) is 3. The first kappa shape index (κ1) is 17.1. The van der Waals surface area contributed by atoms with Gasteiger partial charge in [-0.25, -0.2) is 15.0 Å². The average Bonchev–Trinajstić information content (AvgIpc) is 2.61. The smallest absolute Gasteiger partial charge is 0.169 e. The summed E-state index contributed by atoms with van der Waals surface area (Å²) in [5, 5.41) is 5.27. The van der Waals surface area contributed by atoms with Crippen LogP contribution in [-0.2, 0) is 0 Å². The number of nitrogens with one attached hydrogen (secondary N) is 2.